The summed E-state index contributed by atoms with van der Waals surface area (Å²) in [7, 11) is 3.04. The maximum atomic E-state index is 13.9. The van der Waals surface area contributed by atoms with Crippen molar-refractivity contribution < 1.29 is 22.7 Å². The summed E-state index contributed by atoms with van der Waals surface area (Å²) < 4.78 is 48.5. The molecule has 5 aromatic rings. The average Bonchev–Trinajstić information content (AvgIpc) is 3.74. The number of rotatable bonds is 6. The number of methoxy groups -OCH3 is 1. The Balaban J connectivity index is 1.13. The number of likely N-dealkylation sites (tertiary alicyclic amines) is 1. The monoisotopic (exact) mass is 744 g/mol. The van der Waals surface area contributed by atoms with Crippen LogP contribution in [0, 0.1) is 6.92 Å². The van der Waals surface area contributed by atoms with Gasteiger partial charge in [-0.25, -0.2) is 19.4 Å². The van der Waals surface area contributed by atoms with Crippen LogP contribution in [-0.2, 0) is 19.6 Å². The fourth-order valence-corrected chi connectivity index (χ4v) is 8.42. The molecule has 53 heavy (non-hydrogen) atoms. The van der Waals surface area contributed by atoms with Crippen molar-refractivity contribution in [1.82, 2.24) is 35.3 Å². The van der Waals surface area contributed by atoms with Gasteiger partial charge in [-0.15, -0.1) is 0 Å². The SMILES string of the molecule is COc1nc(-c2cccc(-c3cccc(Nc4nc(C(F)(F)F)cc5cnn(C)c(=O)c45)c3C)c2Cl)cc2c1[C@H](N1CC[C@@]3(CCNC(=O)N3)C1)CC2. The van der Waals surface area contributed by atoms with Gasteiger partial charge < -0.3 is 20.7 Å². The van der Waals surface area contributed by atoms with Crippen molar-refractivity contribution in [3.8, 4) is 28.3 Å². The Labute approximate surface area is 307 Å². The molecule has 2 aliphatic heterocycles. The molecule has 2 fully saturated rings. The molecule has 274 valence electrons. The van der Waals surface area contributed by atoms with Gasteiger partial charge in [-0.2, -0.15) is 18.3 Å². The van der Waals surface area contributed by atoms with Crippen LogP contribution in [0.5, 0.6) is 5.88 Å². The zero-order valence-electron chi connectivity index (χ0n) is 29.2. The molecule has 0 unspecified atom stereocenters. The van der Waals surface area contributed by atoms with Gasteiger partial charge in [0.25, 0.3) is 5.56 Å². The number of aryl methyl sites for hydroxylation is 2. The topological polar surface area (TPSA) is 126 Å². The molecule has 15 heteroatoms. The standard InChI is InChI=1S/C38H36ClF3N8O3/c1-20-23(6-5-9-26(20)45-33-31-22(18-44-49(2)35(31)51)17-29(47-33)38(40,41)42)24-7-4-8-25(32(24)39)27-16-21-10-11-28(30(21)34(46-27)53-3)50-15-13-37(19-50)12-14-43-36(52)48-37/h4-9,16-18,28H,10-15,19H2,1-3H3,(H,45,47)(H2,43,48,52)/t28-,37+/m1/s1. The van der Waals surface area contributed by atoms with Crippen LogP contribution in [0.25, 0.3) is 33.2 Å². The third kappa shape index (κ3) is 6.13. The molecule has 8 rings (SSSR count). The molecule has 1 spiro atoms. The average molecular weight is 745 g/mol. The first-order valence-electron chi connectivity index (χ1n) is 17.3. The van der Waals surface area contributed by atoms with Crippen LogP contribution in [0.3, 0.4) is 0 Å². The number of pyridine rings is 2. The van der Waals surface area contributed by atoms with E-state index in [-0.39, 0.29) is 34.2 Å². The number of hydrogen-bond acceptors (Lipinski definition) is 8. The number of alkyl halides is 3. The summed E-state index contributed by atoms with van der Waals surface area (Å²) in [5.74, 6) is 0.316. The van der Waals surface area contributed by atoms with Gasteiger partial charge in [0.2, 0.25) is 5.88 Å². The van der Waals surface area contributed by atoms with Crippen LogP contribution in [0.15, 0.2) is 59.5 Å². The highest BCUT2D eigenvalue weighted by atomic mass is 35.5. The number of urea groups is 1. The summed E-state index contributed by atoms with van der Waals surface area (Å²) in [5.41, 5.74) is 4.16. The number of carbonyl (C=O) groups excluding carboxylic acids is 1. The number of nitrogens with zero attached hydrogens (tertiary/aromatic N) is 5. The molecule has 0 bridgehead atoms. The second-order valence-corrected chi connectivity index (χ2v) is 14.3. The van der Waals surface area contributed by atoms with Crippen LogP contribution in [0.2, 0.25) is 5.02 Å². The molecular weight excluding hydrogens is 709 g/mol. The van der Waals surface area contributed by atoms with Crippen LogP contribution in [0.1, 0.15) is 47.7 Å². The smallest absolute Gasteiger partial charge is 0.433 e. The second-order valence-electron chi connectivity index (χ2n) is 13.9. The van der Waals surface area contributed by atoms with E-state index in [1.807, 2.05) is 31.2 Å². The van der Waals surface area contributed by atoms with Crippen molar-refractivity contribution in [2.24, 2.45) is 7.05 Å². The van der Waals surface area contributed by atoms with Gasteiger partial charge in [0, 0.05) is 60.5 Å². The Morgan fingerprint density at radius 3 is 2.60 bits per heavy atom. The summed E-state index contributed by atoms with van der Waals surface area (Å²) in [6.45, 7) is 4.12. The Kier molecular flexibility index (Phi) is 8.56. The van der Waals surface area contributed by atoms with Crippen molar-refractivity contribution >= 4 is 39.9 Å². The third-order valence-corrected chi connectivity index (χ3v) is 11.2. The quantitative estimate of drug-likeness (QED) is 0.171. The maximum absolute atomic E-state index is 13.9. The van der Waals surface area contributed by atoms with E-state index in [0.29, 0.717) is 45.5 Å². The molecule has 3 aliphatic rings. The minimum atomic E-state index is -4.74. The van der Waals surface area contributed by atoms with E-state index >= 15 is 0 Å². The lowest BCUT2D eigenvalue weighted by molar-refractivity contribution is -0.141. The number of fused-ring (bicyclic) bond motifs is 2. The molecule has 2 amide bonds. The summed E-state index contributed by atoms with van der Waals surface area (Å²) in [6, 6.07) is 13.9. The van der Waals surface area contributed by atoms with E-state index in [1.54, 1.807) is 19.2 Å². The van der Waals surface area contributed by atoms with Crippen molar-refractivity contribution in [3.63, 3.8) is 0 Å². The minimum absolute atomic E-state index is 0.0125. The fraction of sp³-hybridized carbons (Fsp3) is 0.342. The lowest BCUT2D eigenvalue weighted by atomic mass is 9.93. The van der Waals surface area contributed by atoms with Gasteiger partial charge in [0.05, 0.1) is 34.9 Å². The number of halogens is 4. The molecule has 5 heterocycles. The minimum Gasteiger partial charge on any atom is -0.481 e. The lowest BCUT2D eigenvalue weighted by Gasteiger charge is -2.36. The van der Waals surface area contributed by atoms with Crippen LogP contribution >= 0.6 is 11.6 Å². The first-order valence-corrected chi connectivity index (χ1v) is 17.7. The lowest BCUT2D eigenvalue weighted by Crippen LogP contribution is -2.59. The van der Waals surface area contributed by atoms with Gasteiger partial charge >= 0.3 is 12.2 Å². The maximum Gasteiger partial charge on any atom is 0.433 e. The molecule has 0 radical (unpaired) electrons. The van der Waals surface area contributed by atoms with Gasteiger partial charge in [-0.05, 0) is 67.5 Å². The first-order chi connectivity index (χ1) is 25.4. The van der Waals surface area contributed by atoms with Crippen LogP contribution < -0.4 is 26.2 Å². The van der Waals surface area contributed by atoms with Crippen molar-refractivity contribution in [3.05, 3.63) is 92.5 Å². The molecule has 0 saturated carbocycles. The Bertz CT molecular complexity index is 2370. The molecule has 3 N–H and O–H groups in total. The van der Waals surface area contributed by atoms with Crippen LogP contribution in [0.4, 0.5) is 29.5 Å². The Hall–Kier alpha value is -5.21. The van der Waals surface area contributed by atoms with E-state index in [9.17, 15) is 22.8 Å². The summed E-state index contributed by atoms with van der Waals surface area (Å²) in [6.07, 6.45) is -0.00810. The van der Waals surface area contributed by atoms with E-state index in [4.69, 9.17) is 21.3 Å². The zero-order valence-corrected chi connectivity index (χ0v) is 30.0. The Morgan fingerprint density at radius 1 is 1.06 bits per heavy atom. The predicted molar refractivity (Wildman–Crippen MR) is 196 cm³/mol. The van der Waals surface area contributed by atoms with E-state index in [0.717, 1.165) is 66.2 Å². The largest absolute Gasteiger partial charge is 0.481 e. The first kappa shape index (κ1) is 34.9. The van der Waals surface area contributed by atoms with Crippen molar-refractivity contribution in [2.45, 2.75) is 50.4 Å². The summed E-state index contributed by atoms with van der Waals surface area (Å²) in [4.78, 5) is 36.4. The van der Waals surface area contributed by atoms with Crippen LogP contribution in [-0.4, -0.2) is 63.0 Å². The molecule has 1 aliphatic carbocycles. The number of nitrogens with one attached hydrogen (secondary N) is 3. The predicted octanol–water partition coefficient (Wildman–Crippen LogP) is 6.93. The van der Waals surface area contributed by atoms with Gasteiger partial charge in [0.15, 0.2) is 0 Å². The summed E-state index contributed by atoms with van der Waals surface area (Å²) >= 11 is 7.19. The molecular formula is C38H36ClF3N8O3. The highest BCUT2D eigenvalue weighted by Crippen LogP contribution is 2.47. The normalized spacial score (nSPS) is 20.1. The number of amides is 2. The van der Waals surface area contributed by atoms with Gasteiger partial charge in [-0.1, -0.05) is 41.9 Å². The number of carbonyl (C=O) groups is 1. The van der Waals surface area contributed by atoms with E-state index in [1.165, 1.54) is 13.2 Å². The van der Waals surface area contributed by atoms with Crippen molar-refractivity contribution in [1.29, 1.82) is 0 Å². The molecule has 3 aromatic heterocycles. The molecule has 11 nitrogen and oxygen atoms in total. The molecule has 2 saturated heterocycles. The summed E-state index contributed by atoms with van der Waals surface area (Å²) in [5, 5.41) is 13.4. The Morgan fingerprint density at radius 2 is 1.83 bits per heavy atom. The molecule has 2 atom stereocenters. The number of ether oxygens (including phenoxy) is 1. The second kappa shape index (κ2) is 13.0. The third-order valence-electron chi connectivity index (χ3n) is 10.8. The van der Waals surface area contributed by atoms with Gasteiger partial charge in [0.1, 0.15) is 11.5 Å². The van der Waals surface area contributed by atoms with Gasteiger partial charge in [-0.3, -0.25) is 9.69 Å². The van der Waals surface area contributed by atoms with E-state index in [2.05, 4.69) is 37.0 Å². The number of aromatic nitrogens is 4. The van der Waals surface area contributed by atoms with Crippen molar-refractivity contribution in [2.75, 3.05) is 32.1 Å². The fourth-order valence-electron chi connectivity index (χ4n) is 8.10. The van der Waals surface area contributed by atoms with E-state index < -0.39 is 17.4 Å². The molecule has 2 aromatic carbocycles. The number of anilines is 2. The number of benzene rings is 2. The number of hydrogen-bond donors (Lipinski definition) is 3. The highest BCUT2D eigenvalue weighted by Gasteiger charge is 2.45. The highest BCUT2D eigenvalue weighted by molar-refractivity contribution is 6.36. The zero-order chi connectivity index (χ0) is 37.2.